The minimum atomic E-state index is -0.861. The number of methoxy groups -OCH3 is 1. The van der Waals surface area contributed by atoms with Gasteiger partial charge in [-0.25, -0.2) is 4.99 Å². The summed E-state index contributed by atoms with van der Waals surface area (Å²) in [5.41, 5.74) is 12.7. The van der Waals surface area contributed by atoms with Gasteiger partial charge in [0.25, 0.3) is 0 Å². The van der Waals surface area contributed by atoms with Crippen molar-refractivity contribution in [2.45, 2.75) is 12.1 Å². The predicted octanol–water partition coefficient (Wildman–Crippen LogP) is 0.324. The molecule has 1 heterocycles. The molecule has 2 rings (SSSR count). The van der Waals surface area contributed by atoms with E-state index in [2.05, 4.69) is 10.3 Å². The van der Waals surface area contributed by atoms with Crippen LogP contribution in [0.1, 0.15) is 5.56 Å². The minimum absolute atomic E-state index is 0.524. The van der Waals surface area contributed by atoms with Gasteiger partial charge < -0.3 is 21.5 Å². The SMILES string of the molecule is COc1ccc(CC2(N)N=CNC=C2N)cc1. The van der Waals surface area contributed by atoms with Gasteiger partial charge in [0.05, 0.1) is 19.1 Å². The highest BCUT2D eigenvalue weighted by Crippen LogP contribution is 2.20. The molecule has 0 fully saturated rings. The molecule has 1 aliphatic rings. The first-order valence-electron chi connectivity index (χ1n) is 5.32. The van der Waals surface area contributed by atoms with Gasteiger partial charge in [0.15, 0.2) is 5.66 Å². The van der Waals surface area contributed by atoms with Crippen molar-refractivity contribution in [3.8, 4) is 5.75 Å². The van der Waals surface area contributed by atoms with Crippen molar-refractivity contribution in [2.75, 3.05) is 7.11 Å². The predicted molar refractivity (Wildman–Crippen MR) is 67.5 cm³/mol. The molecule has 1 aromatic carbocycles. The Balaban J connectivity index is 2.16. The molecule has 5 heteroatoms. The number of aliphatic imine (C=N–C) groups is 1. The average Bonchev–Trinajstić information content (AvgIpc) is 2.34. The Morgan fingerprint density at radius 2 is 2.06 bits per heavy atom. The van der Waals surface area contributed by atoms with E-state index in [0.29, 0.717) is 12.1 Å². The second-order valence-corrected chi connectivity index (χ2v) is 3.97. The van der Waals surface area contributed by atoms with Crippen LogP contribution in [0.15, 0.2) is 41.2 Å². The van der Waals surface area contributed by atoms with Crippen molar-refractivity contribution in [1.82, 2.24) is 5.32 Å². The van der Waals surface area contributed by atoms with E-state index in [1.165, 1.54) is 0 Å². The minimum Gasteiger partial charge on any atom is -0.497 e. The lowest BCUT2D eigenvalue weighted by Gasteiger charge is -2.28. The molecule has 0 bridgehead atoms. The molecule has 0 aromatic heterocycles. The molecule has 5 N–H and O–H groups in total. The zero-order chi connectivity index (χ0) is 12.3. The van der Waals surface area contributed by atoms with Gasteiger partial charge in [-0.15, -0.1) is 0 Å². The van der Waals surface area contributed by atoms with Crippen molar-refractivity contribution in [3.05, 3.63) is 41.7 Å². The maximum Gasteiger partial charge on any atom is 0.155 e. The zero-order valence-corrected chi connectivity index (χ0v) is 9.68. The fraction of sp³-hybridized carbons (Fsp3) is 0.250. The van der Waals surface area contributed by atoms with E-state index in [1.807, 2.05) is 24.3 Å². The van der Waals surface area contributed by atoms with Crippen LogP contribution in [0.3, 0.4) is 0 Å². The van der Waals surface area contributed by atoms with Crippen LogP contribution in [0, 0.1) is 0 Å². The summed E-state index contributed by atoms with van der Waals surface area (Å²) >= 11 is 0. The lowest BCUT2D eigenvalue weighted by atomic mass is 9.97. The van der Waals surface area contributed by atoms with Crippen LogP contribution >= 0.6 is 0 Å². The van der Waals surface area contributed by atoms with Gasteiger partial charge in [-0.05, 0) is 17.7 Å². The Kier molecular flexibility index (Phi) is 3.01. The second-order valence-electron chi connectivity index (χ2n) is 3.97. The van der Waals surface area contributed by atoms with E-state index in [0.717, 1.165) is 11.3 Å². The van der Waals surface area contributed by atoms with Gasteiger partial charge >= 0.3 is 0 Å². The summed E-state index contributed by atoms with van der Waals surface area (Å²) in [6.45, 7) is 0. The summed E-state index contributed by atoms with van der Waals surface area (Å²) < 4.78 is 5.10. The average molecular weight is 232 g/mol. The van der Waals surface area contributed by atoms with Crippen molar-refractivity contribution >= 4 is 6.34 Å². The molecule has 0 amide bonds. The van der Waals surface area contributed by atoms with Crippen LogP contribution in [0.5, 0.6) is 5.75 Å². The van der Waals surface area contributed by atoms with Crippen molar-refractivity contribution in [2.24, 2.45) is 16.5 Å². The second kappa shape index (κ2) is 4.47. The quantitative estimate of drug-likeness (QED) is 0.700. The number of benzene rings is 1. The van der Waals surface area contributed by atoms with Crippen LogP contribution in [-0.4, -0.2) is 19.1 Å². The third-order valence-electron chi connectivity index (χ3n) is 2.74. The normalized spacial score (nSPS) is 22.8. The Labute approximate surface area is 100 Å². The van der Waals surface area contributed by atoms with E-state index >= 15 is 0 Å². The van der Waals surface area contributed by atoms with Gasteiger partial charge in [0.2, 0.25) is 0 Å². The van der Waals surface area contributed by atoms with Crippen LogP contribution in [0.4, 0.5) is 0 Å². The number of ether oxygens (including phenoxy) is 1. The third kappa shape index (κ3) is 2.39. The molecule has 5 nitrogen and oxygen atoms in total. The van der Waals surface area contributed by atoms with E-state index in [-0.39, 0.29) is 0 Å². The van der Waals surface area contributed by atoms with Gasteiger partial charge in [0.1, 0.15) is 5.75 Å². The lowest BCUT2D eigenvalue weighted by Crippen LogP contribution is -2.48. The molecule has 1 aromatic rings. The Hall–Kier alpha value is -2.01. The molecule has 90 valence electrons. The summed E-state index contributed by atoms with van der Waals surface area (Å²) in [5, 5.41) is 2.82. The van der Waals surface area contributed by atoms with Crippen LogP contribution in [0.25, 0.3) is 0 Å². The highest BCUT2D eigenvalue weighted by atomic mass is 16.5. The first-order valence-corrected chi connectivity index (χ1v) is 5.32. The number of nitrogens with two attached hydrogens (primary N) is 2. The van der Waals surface area contributed by atoms with Gasteiger partial charge in [-0.1, -0.05) is 12.1 Å². The van der Waals surface area contributed by atoms with Gasteiger partial charge in [-0.3, -0.25) is 0 Å². The standard InChI is InChI=1S/C12H16N4O/c1-17-10-4-2-9(3-5-10)6-12(14)11(13)7-15-8-16-12/h2-5,7-8H,6,13-14H2,1H3,(H,15,16). The molecule has 1 atom stereocenters. The number of rotatable bonds is 3. The molecule has 1 unspecified atom stereocenters. The molecule has 0 saturated heterocycles. The summed E-state index contributed by atoms with van der Waals surface area (Å²) in [6.07, 6.45) is 3.77. The van der Waals surface area contributed by atoms with Crippen molar-refractivity contribution in [3.63, 3.8) is 0 Å². The molecule has 0 spiro atoms. The fourth-order valence-corrected chi connectivity index (χ4v) is 1.68. The van der Waals surface area contributed by atoms with E-state index < -0.39 is 5.66 Å². The highest BCUT2D eigenvalue weighted by molar-refractivity contribution is 5.60. The first kappa shape index (κ1) is 11.5. The Morgan fingerprint density at radius 1 is 1.35 bits per heavy atom. The highest BCUT2D eigenvalue weighted by Gasteiger charge is 2.28. The molecule has 1 aliphatic heterocycles. The molecule has 17 heavy (non-hydrogen) atoms. The Bertz CT molecular complexity index is 452. The largest absolute Gasteiger partial charge is 0.497 e. The van der Waals surface area contributed by atoms with Crippen LogP contribution in [0.2, 0.25) is 0 Å². The molecular weight excluding hydrogens is 216 g/mol. The maximum absolute atomic E-state index is 6.14. The van der Waals surface area contributed by atoms with Gasteiger partial charge in [0, 0.05) is 12.6 Å². The maximum atomic E-state index is 6.14. The summed E-state index contributed by atoms with van der Waals surface area (Å²) in [7, 11) is 1.64. The number of hydrogen-bond donors (Lipinski definition) is 3. The van der Waals surface area contributed by atoms with E-state index in [9.17, 15) is 0 Å². The molecule has 0 saturated carbocycles. The van der Waals surface area contributed by atoms with Crippen LogP contribution in [-0.2, 0) is 6.42 Å². The number of nitrogens with zero attached hydrogens (tertiary/aromatic N) is 1. The smallest absolute Gasteiger partial charge is 0.155 e. The van der Waals surface area contributed by atoms with E-state index in [4.69, 9.17) is 16.2 Å². The van der Waals surface area contributed by atoms with Crippen LogP contribution < -0.4 is 21.5 Å². The van der Waals surface area contributed by atoms with E-state index in [1.54, 1.807) is 19.6 Å². The number of hydrogen-bond acceptors (Lipinski definition) is 5. The third-order valence-corrected chi connectivity index (χ3v) is 2.74. The summed E-state index contributed by atoms with van der Waals surface area (Å²) in [6, 6.07) is 7.70. The summed E-state index contributed by atoms with van der Waals surface area (Å²) in [4.78, 5) is 4.20. The molecule has 0 radical (unpaired) electrons. The molecular formula is C12H16N4O. The molecule has 0 aliphatic carbocycles. The van der Waals surface area contributed by atoms with Gasteiger partial charge in [-0.2, -0.15) is 0 Å². The fourth-order valence-electron chi connectivity index (χ4n) is 1.68. The topological polar surface area (TPSA) is 85.7 Å². The first-order chi connectivity index (χ1) is 8.14. The van der Waals surface area contributed by atoms with Crippen molar-refractivity contribution in [1.29, 1.82) is 0 Å². The Morgan fingerprint density at radius 3 is 2.65 bits per heavy atom. The number of nitrogens with one attached hydrogen (secondary N) is 1. The van der Waals surface area contributed by atoms with Crippen molar-refractivity contribution < 1.29 is 4.74 Å². The zero-order valence-electron chi connectivity index (χ0n) is 9.68. The monoisotopic (exact) mass is 232 g/mol. The lowest BCUT2D eigenvalue weighted by molar-refractivity contribution is 0.414. The summed E-state index contributed by atoms with van der Waals surface area (Å²) in [5.74, 6) is 0.817.